The zero-order chi connectivity index (χ0) is 24.5. The second-order valence-electron chi connectivity index (χ2n) is 10.8. The van der Waals surface area contributed by atoms with Gasteiger partial charge in [0.05, 0.1) is 6.04 Å². The van der Waals surface area contributed by atoms with Crippen LogP contribution in [0.2, 0.25) is 0 Å². The third-order valence-corrected chi connectivity index (χ3v) is 8.13. The van der Waals surface area contributed by atoms with Crippen molar-refractivity contribution in [3.05, 3.63) is 59.2 Å². The Labute approximate surface area is 203 Å². The molecule has 1 fully saturated rings. The van der Waals surface area contributed by atoms with E-state index < -0.39 is 0 Å². The Morgan fingerprint density at radius 2 is 1.94 bits per heavy atom. The van der Waals surface area contributed by atoms with E-state index in [0.29, 0.717) is 30.6 Å². The van der Waals surface area contributed by atoms with Crippen molar-refractivity contribution in [1.82, 2.24) is 15.5 Å². The minimum Gasteiger partial charge on any atom is -0.508 e. The maximum absolute atomic E-state index is 13.2. The summed E-state index contributed by atoms with van der Waals surface area (Å²) in [5.74, 6) is 1.39. The molecule has 0 spiro atoms. The van der Waals surface area contributed by atoms with Gasteiger partial charge in [-0.2, -0.15) is 0 Å². The number of phenols is 2. The molecule has 0 bridgehead atoms. The van der Waals surface area contributed by atoms with Gasteiger partial charge >= 0.3 is 0 Å². The van der Waals surface area contributed by atoms with Gasteiger partial charge in [0, 0.05) is 25.7 Å². The number of nitrogens with one attached hydrogen (secondary N) is 2. The zero-order valence-electron chi connectivity index (χ0n) is 20.8. The van der Waals surface area contributed by atoms with E-state index in [1.807, 2.05) is 18.2 Å². The van der Waals surface area contributed by atoms with Gasteiger partial charge in [-0.15, -0.1) is 0 Å². The van der Waals surface area contributed by atoms with Crippen molar-refractivity contribution in [2.75, 3.05) is 19.6 Å². The number of nitrogens with zero attached hydrogens (tertiary/aromatic N) is 1. The fraction of sp³-hybridized carbons (Fsp3) is 0.536. The van der Waals surface area contributed by atoms with E-state index in [2.05, 4.69) is 49.3 Å². The summed E-state index contributed by atoms with van der Waals surface area (Å²) in [5, 5.41) is 26.3. The van der Waals surface area contributed by atoms with Gasteiger partial charge in [0.25, 0.3) is 0 Å². The van der Waals surface area contributed by atoms with Crippen LogP contribution < -0.4 is 10.6 Å². The van der Waals surface area contributed by atoms with E-state index >= 15 is 0 Å². The molecule has 1 saturated heterocycles. The Kier molecular flexibility index (Phi) is 7.20. The number of carbonyl (C=O) groups is 1. The van der Waals surface area contributed by atoms with Gasteiger partial charge in [0.15, 0.2) is 0 Å². The number of phenolic OH excluding ortho intramolecular Hbond substituents is 2. The number of amides is 1. The molecule has 4 atom stereocenters. The van der Waals surface area contributed by atoms with Crippen molar-refractivity contribution in [3.8, 4) is 11.5 Å². The van der Waals surface area contributed by atoms with Crippen molar-refractivity contribution in [3.63, 3.8) is 0 Å². The lowest BCUT2D eigenvalue weighted by molar-refractivity contribution is -0.124. The van der Waals surface area contributed by atoms with Crippen molar-refractivity contribution in [1.29, 1.82) is 0 Å². The van der Waals surface area contributed by atoms with Gasteiger partial charge in [-0.25, -0.2) is 0 Å². The molecule has 2 aliphatic heterocycles. The van der Waals surface area contributed by atoms with Crippen LogP contribution in [-0.4, -0.2) is 52.7 Å². The molecular formula is C28H39N3O3. The molecule has 184 valence electrons. The monoisotopic (exact) mass is 465 g/mol. The van der Waals surface area contributed by atoms with E-state index in [1.165, 1.54) is 5.56 Å². The Morgan fingerprint density at radius 1 is 1.18 bits per heavy atom. The van der Waals surface area contributed by atoms with Crippen molar-refractivity contribution >= 4 is 5.91 Å². The third kappa shape index (κ3) is 5.23. The molecule has 2 unspecified atom stereocenters. The minimum absolute atomic E-state index is 0.0274. The molecule has 0 aromatic heterocycles. The highest BCUT2D eigenvalue weighted by Gasteiger charge is 2.39. The van der Waals surface area contributed by atoms with Crippen LogP contribution in [0.4, 0.5) is 0 Å². The smallest absolute Gasteiger partial charge is 0.237 e. The summed E-state index contributed by atoms with van der Waals surface area (Å²) >= 11 is 0. The molecule has 2 aromatic carbocycles. The number of carbonyl (C=O) groups excluding carboxylic acids is 1. The lowest BCUT2D eigenvalue weighted by atomic mass is 9.68. The molecule has 0 saturated carbocycles. The Morgan fingerprint density at radius 3 is 2.65 bits per heavy atom. The summed E-state index contributed by atoms with van der Waals surface area (Å²) in [5.41, 5.74) is 3.40. The first-order chi connectivity index (χ1) is 16.2. The topological polar surface area (TPSA) is 84.8 Å². The molecule has 0 radical (unpaired) electrons. The summed E-state index contributed by atoms with van der Waals surface area (Å²) in [6, 6.07) is 12.9. The first-order valence-corrected chi connectivity index (χ1v) is 12.5. The van der Waals surface area contributed by atoms with Gasteiger partial charge < -0.3 is 25.7 Å². The second kappa shape index (κ2) is 9.96. The summed E-state index contributed by atoms with van der Waals surface area (Å²) < 4.78 is 0. The highest BCUT2D eigenvalue weighted by atomic mass is 16.3. The minimum atomic E-state index is -0.257. The number of likely N-dealkylation sites (tertiary alicyclic amines) is 1. The summed E-state index contributed by atoms with van der Waals surface area (Å²) in [6.45, 7) is 12.3. The van der Waals surface area contributed by atoms with Crippen LogP contribution in [-0.2, 0) is 23.2 Å². The van der Waals surface area contributed by atoms with Crippen LogP contribution in [0.5, 0.6) is 11.5 Å². The average molecular weight is 466 g/mol. The van der Waals surface area contributed by atoms with Gasteiger partial charge in [-0.3, -0.25) is 4.79 Å². The van der Waals surface area contributed by atoms with Gasteiger partial charge in [0.2, 0.25) is 5.91 Å². The molecule has 0 aliphatic carbocycles. The first-order valence-electron chi connectivity index (χ1n) is 12.5. The summed E-state index contributed by atoms with van der Waals surface area (Å²) in [4.78, 5) is 15.6. The number of hydrogen-bond acceptors (Lipinski definition) is 5. The number of hydrogen-bond donors (Lipinski definition) is 4. The van der Waals surface area contributed by atoms with Crippen LogP contribution in [0, 0.1) is 11.8 Å². The Hall–Kier alpha value is -2.57. The van der Waals surface area contributed by atoms with Gasteiger partial charge in [0.1, 0.15) is 11.5 Å². The molecular weight excluding hydrogens is 426 g/mol. The molecule has 2 aliphatic rings. The number of rotatable bonds is 6. The fourth-order valence-corrected chi connectivity index (χ4v) is 5.44. The zero-order valence-corrected chi connectivity index (χ0v) is 20.8. The first kappa shape index (κ1) is 24.6. The van der Waals surface area contributed by atoms with Crippen LogP contribution >= 0.6 is 0 Å². The third-order valence-electron chi connectivity index (χ3n) is 8.13. The lowest BCUT2D eigenvalue weighted by Gasteiger charge is -2.46. The molecule has 2 aromatic rings. The van der Waals surface area contributed by atoms with Gasteiger partial charge in [-0.05, 0) is 77.6 Å². The van der Waals surface area contributed by atoms with E-state index in [4.69, 9.17) is 0 Å². The average Bonchev–Trinajstić information content (AvgIpc) is 2.80. The molecule has 6 heteroatoms. The molecule has 1 amide bonds. The molecule has 4 rings (SSSR count). The maximum Gasteiger partial charge on any atom is 0.237 e. The Bertz CT molecular complexity index is 1020. The number of aromatic hydroxyl groups is 2. The lowest BCUT2D eigenvalue weighted by Crippen LogP contribution is -2.56. The summed E-state index contributed by atoms with van der Waals surface area (Å²) in [6.07, 6.45) is 1.65. The number of benzene rings is 2. The normalized spacial score (nSPS) is 26.1. The van der Waals surface area contributed by atoms with Crippen LogP contribution in [0.15, 0.2) is 42.5 Å². The van der Waals surface area contributed by atoms with Crippen LogP contribution in [0.25, 0.3) is 0 Å². The van der Waals surface area contributed by atoms with E-state index in [-0.39, 0.29) is 29.2 Å². The van der Waals surface area contributed by atoms with E-state index in [1.54, 1.807) is 18.2 Å². The quantitative estimate of drug-likeness (QED) is 0.524. The van der Waals surface area contributed by atoms with Crippen molar-refractivity contribution in [2.24, 2.45) is 11.8 Å². The van der Waals surface area contributed by atoms with Crippen LogP contribution in [0.3, 0.4) is 0 Å². The maximum atomic E-state index is 13.2. The SMILES string of the molecule is CC(C)C(CN1CCC(C)(c2cccc(O)c2)[C@@H](C)C1)NC(=O)[C@H]1Cc2ccc(O)cc2CN1. The predicted molar refractivity (Wildman–Crippen MR) is 135 cm³/mol. The van der Waals surface area contributed by atoms with Crippen molar-refractivity contribution < 1.29 is 15.0 Å². The largest absolute Gasteiger partial charge is 0.508 e. The Balaban J connectivity index is 1.36. The number of piperidine rings is 1. The second-order valence-corrected chi connectivity index (χ2v) is 10.8. The fourth-order valence-electron chi connectivity index (χ4n) is 5.44. The summed E-state index contributed by atoms with van der Waals surface area (Å²) in [7, 11) is 0. The molecule has 6 nitrogen and oxygen atoms in total. The van der Waals surface area contributed by atoms with Crippen LogP contribution in [0.1, 0.15) is 50.8 Å². The highest BCUT2D eigenvalue weighted by Crippen LogP contribution is 2.40. The predicted octanol–water partition coefficient (Wildman–Crippen LogP) is 3.55. The highest BCUT2D eigenvalue weighted by molar-refractivity contribution is 5.82. The molecule has 2 heterocycles. The van der Waals surface area contributed by atoms with Gasteiger partial charge in [-0.1, -0.05) is 45.9 Å². The number of fused-ring (bicyclic) bond motifs is 1. The van der Waals surface area contributed by atoms with E-state index in [0.717, 1.165) is 37.2 Å². The van der Waals surface area contributed by atoms with Crippen molar-refractivity contribution in [2.45, 2.75) is 64.6 Å². The van der Waals surface area contributed by atoms with E-state index in [9.17, 15) is 15.0 Å². The standard InChI is InChI=1S/C28H39N3O3/c1-18(2)26(30-27(34)25-13-20-8-9-24(33)12-21(20)15-29-25)17-31-11-10-28(4,19(3)16-31)22-6-5-7-23(32)14-22/h5-9,12,14,18-19,25-26,29,32-33H,10-11,13,15-17H2,1-4H3,(H,30,34)/t19-,25+,26?,28?/m0/s1. The molecule has 34 heavy (non-hydrogen) atoms. The molecule has 4 N–H and O–H groups in total.